The van der Waals surface area contributed by atoms with E-state index in [4.69, 9.17) is 9.47 Å². The van der Waals surface area contributed by atoms with E-state index in [1.165, 1.54) is 18.7 Å². The molecule has 2 unspecified atom stereocenters. The van der Waals surface area contributed by atoms with Crippen molar-refractivity contribution < 1.29 is 40.9 Å². The Balaban J connectivity index is 0.00000484. The minimum Gasteiger partial charge on any atom is -1.00 e. The van der Waals surface area contributed by atoms with Gasteiger partial charge in [-0.05, 0) is 50.3 Å². The molecule has 10 nitrogen and oxygen atoms in total. The van der Waals surface area contributed by atoms with Crippen LogP contribution in [0.15, 0.2) is 54.0 Å². The summed E-state index contributed by atoms with van der Waals surface area (Å²) in [5.41, 5.74) is 8.55. The van der Waals surface area contributed by atoms with E-state index in [0.717, 1.165) is 35.1 Å². The molecule has 2 heterocycles. The number of carbonyl (C=O) groups is 2. The van der Waals surface area contributed by atoms with Crippen molar-refractivity contribution in [3.63, 3.8) is 0 Å². The Kier molecular flexibility index (Phi) is 11.2. The first-order valence-electron chi connectivity index (χ1n) is 13.8. The van der Waals surface area contributed by atoms with Gasteiger partial charge >= 0.3 is 11.9 Å². The fourth-order valence-electron chi connectivity index (χ4n) is 5.56. The number of hydrogen-bond donors (Lipinski definition) is 1. The molecule has 0 fully saturated rings. The molecular weight excluding hydrogens is 600 g/mol. The molecule has 2 atom stereocenters. The average Bonchev–Trinajstić information content (AvgIpc) is 3.42. The van der Waals surface area contributed by atoms with Crippen molar-refractivity contribution >= 4 is 34.7 Å². The summed E-state index contributed by atoms with van der Waals surface area (Å²) in [5.74, 6) is 0.141. The van der Waals surface area contributed by atoms with Gasteiger partial charge in [0.15, 0.2) is 17.7 Å². The van der Waals surface area contributed by atoms with Crippen molar-refractivity contribution in [2.75, 3.05) is 54.1 Å². The van der Waals surface area contributed by atoms with Gasteiger partial charge in [0, 0.05) is 32.9 Å². The molecule has 2 aromatic rings. The van der Waals surface area contributed by atoms with Gasteiger partial charge in [0.1, 0.15) is 18.9 Å². The Morgan fingerprint density at radius 1 is 0.905 bits per heavy atom. The van der Waals surface area contributed by atoms with Crippen molar-refractivity contribution in [2.24, 2.45) is 0 Å². The number of nitriles is 2. The Morgan fingerprint density at radius 2 is 1.52 bits per heavy atom. The van der Waals surface area contributed by atoms with Crippen LogP contribution in [0.2, 0.25) is 0 Å². The molecule has 0 saturated carbocycles. The molecule has 11 heteroatoms. The highest BCUT2D eigenvalue weighted by Gasteiger charge is 2.39. The lowest BCUT2D eigenvalue weighted by molar-refractivity contribution is -0.851. The summed E-state index contributed by atoms with van der Waals surface area (Å²) >= 11 is 0. The second kappa shape index (κ2) is 14.6. The molecule has 2 aliphatic heterocycles. The smallest absolute Gasteiger partial charge is 0.302 e. The summed E-state index contributed by atoms with van der Waals surface area (Å²) in [6.07, 6.45) is 2.66. The van der Waals surface area contributed by atoms with Gasteiger partial charge in [-0.25, -0.2) is 0 Å². The predicted molar refractivity (Wildman–Crippen MR) is 154 cm³/mol. The van der Waals surface area contributed by atoms with E-state index in [-0.39, 0.29) is 48.3 Å². The molecule has 4 rings (SSSR count). The quantitative estimate of drug-likeness (QED) is 0.284. The van der Waals surface area contributed by atoms with Gasteiger partial charge in [-0.1, -0.05) is 5.73 Å². The molecule has 42 heavy (non-hydrogen) atoms. The minimum atomic E-state index is -0.347. The van der Waals surface area contributed by atoms with E-state index in [0.29, 0.717) is 37.2 Å². The molecule has 0 bridgehead atoms. The van der Waals surface area contributed by atoms with Crippen molar-refractivity contribution in [2.45, 2.75) is 40.3 Å². The lowest BCUT2D eigenvalue weighted by Gasteiger charge is -2.27. The third-order valence-corrected chi connectivity index (χ3v) is 7.29. The second-order valence-corrected chi connectivity index (χ2v) is 9.73. The lowest BCUT2D eigenvalue weighted by Crippen LogP contribution is -3.11. The van der Waals surface area contributed by atoms with Gasteiger partial charge in [-0.2, -0.15) is 10.5 Å². The number of benzene rings is 2. The van der Waals surface area contributed by atoms with Crippen molar-refractivity contribution in [3.8, 4) is 12.1 Å². The molecule has 0 aliphatic carbocycles. The Hall–Kier alpha value is -4.28. The predicted octanol–water partition coefficient (Wildman–Crippen LogP) is -0.0243. The lowest BCUT2D eigenvalue weighted by atomic mass is 10.2. The summed E-state index contributed by atoms with van der Waals surface area (Å²) in [5, 5.41) is 19.0. The number of carbonyl (C=O) groups excluding carboxylic acids is 2. The molecule has 0 radical (unpaired) electrons. The largest absolute Gasteiger partial charge is 1.00 e. The van der Waals surface area contributed by atoms with Gasteiger partial charge in [-0.3, -0.25) is 14.5 Å². The molecule has 0 aromatic heterocycles. The van der Waals surface area contributed by atoms with Crippen LogP contribution in [0, 0.1) is 22.7 Å². The van der Waals surface area contributed by atoms with Gasteiger partial charge in [0.2, 0.25) is 0 Å². The maximum atomic E-state index is 11.5. The van der Waals surface area contributed by atoms with Crippen LogP contribution in [0.4, 0.5) is 22.7 Å². The summed E-state index contributed by atoms with van der Waals surface area (Å²) in [6, 6.07) is 15.8. The van der Waals surface area contributed by atoms with E-state index >= 15 is 0 Å². The van der Waals surface area contributed by atoms with Gasteiger partial charge < -0.3 is 41.2 Å². The third-order valence-electron chi connectivity index (χ3n) is 7.29. The van der Waals surface area contributed by atoms with E-state index in [9.17, 15) is 20.1 Å². The molecular formula is C31H35BrN6O4. The molecule has 2 aliphatic rings. The SMILES string of the molecule is CCN1C(=C=CCC2N(CCOC(C)=O)c3cc(C#N)ccc3[NH+]2CC)N(CCOC(C)=O)c2cc(C#N)ccc21.[Br-]. The highest BCUT2D eigenvalue weighted by Crippen LogP contribution is 2.41. The summed E-state index contributed by atoms with van der Waals surface area (Å²) in [6.45, 7) is 9.83. The van der Waals surface area contributed by atoms with Crippen molar-refractivity contribution in [1.82, 2.24) is 0 Å². The fourth-order valence-corrected chi connectivity index (χ4v) is 5.56. The molecule has 0 spiro atoms. The van der Waals surface area contributed by atoms with Crippen molar-refractivity contribution in [1.29, 1.82) is 10.5 Å². The van der Waals surface area contributed by atoms with Crippen LogP contribution in [-0.2, 0) is 19.1 Å². The topological polar surface area (TPSA) is 114 Å². The summed E-state index contributed by atoms with van der Waals surface area (Å²) < 4.78 is 10.5. The normalized spacial score (nSPS) is 16.4. The van der Waals surface area contributed by atoms with Gasteiger partial charge in [-0.15, -0.1) is 0 Å². The van der Waals surface area contributed by atoms with E-state index < -0.39 is 0 Å². The van der Waals surface area contributed by atoms with Crippen LogP contribution in [0.1, 0.15) is 45.2 Å². The van der Waals surface area contributed by atoms with Crippen LogP contribution in [0.3, 0.4) is 0 Å². The van der Waals surface area contributed by atoms with Gasteiger partial charge in [0.05, 0.1) is 54.3 Å². The fraction of sp³-hybridized carbons (Fsp3) is 0.387. The first kappa shape index (κ1) is 32.2. The number of fused-ring (bicyclic) bond motifs is 2. The standard InChI is InChI=1S/C31H34N6O4.BrH/c1-5-34-26-12-10-24(20-32)18-28(26)36(14-16-40-22(3)38)30(34)8-7-9-31-35(6-2)27-13-11-25(21-33)19-29(27)37(31)15-17-41-23(4)39;/h7,10-13,18-19,30H,5-6,8,14-17H2,1-4H3;1H. The van der Waals surface area contributed by atoms with Crippen LogP contribution in [0.25, 0.3) is 0 Å². The second-order valence-electron chi connectivity index (χ2n) is 9.73. The minimum absolute atomic E-state index is 0. The zero-order chi connectivity index (χ0) is 29.5. The molecule has 1 N–H and O–H groups in total. The Bertz CT molecular complexity index is 1470. The number of anilines is 3. The first-order chi connectivity index (χ1) is 19.8. The Labute approximate surface area is 257 Å². The van der Waals surface area contributed by atoms with Crippen LogP contribution < -0.4 is 36.6 Å². The summed E-state index contributed by atoms with van der Waals surface area (Å²) in [4.78, 5) is 30.5. The molecule has 0 saturated heterocycles. The zero-order valence-electron chi connectivity index (χ0n) is 24.3. The van der Waals surface area contributed by atoms with Crippen LogP contribution >= 0.6 is 0 Å². The number of hydrogen-bond acceptors (Lipinski definition) is 9. The number of quaternary nitrogens is 1. The monoisotopic (exact) mass is 634 g/mol. The maximum absolute atomic E-state index is 11.5. The molecule has 2 aromatic carbocycles. The number of halogens is 1. The Morgan fingerprint density at radius 3 is 2.12 bits per heavy atom. The molecule has 220 valence electrons. The van der Waals surface area contributed by atoms with E-state index in [2.05, 4.69) is 41.5 Å². The first-order valence-corrected chi connectivity index (χ1v) is 13.8. The molecule has 0 amide bonds. The highest BCUT2D eigenvalue weighted by atomic mass is 79.9. The third kappa shape index (κ3) is 6.78. The van der Waals surface area contributed by atoms with E-state index in [1.54, 1.807) is 6.07 Å². The van der Waals surface area contributed by atoms with E-state index in [1.807, 2.05) is 41.3 Å². The van der Waals surface area contributed by atoms with Gasteiger partial charge in [0.25, 0.3) is 0 Å². The number of rotatable bonds is 10. The number of nitrogens with one attached hydrogen (secondary N) is 1. The number of esters is 2. The van der Waals surface area contributed by atoms with Crippen molar-refractivity contribution in [3.05, 3.63) is 65.2 Å². The zero-order valence-corrected chi connectivity index (χ0v) is 25.9. The van der Waals surface area contributed by atoms with Crippen LogP contribution in [0.5, 0.6) is 0 Å². The summed E-state index contributed by atoms with van der Waals surface area (Å²) in [7, 11) is 0. The average molecular weight is 636 g/mol. The number of nitrogens with zero attached hydrogens (tertiary/aromatic N) is 5. The number of ether oxygens (including phenoxy) is 2. The van der Waals surface area contributed by atoms with Crippen LogP contribution in [-0.4, -0.2) is 57.5 Å². The highest BCUT2D eigenvalue weighted by molar-refractivity contribution is 5.83. The maximum Gasteiger partial charge on any atom is 0.302 e.